The number of anilines is 2. The van der Waals surface area contributed by atoms with E-state index >= 15 is 0 Å². The maximum absolute atomic E-state index is 14.7. The monoisotopic (exact) mass is 648 g/mol. The van der Waals surface area contributed by atoms with Crippen LogP contribution in [0.5, 0.6) is 0 Å². The molecule has 1 amide bonds. The standard InChI is InChI=1S/C24H29FN4O2S.2CH4O3S/c1-15-19-14-22(32-24(19)29(27-15)17-5-3-2-4-6-17)23(31)26-16-7-8-21(20(25)13-16)28-11-9-18(30)10-12-28;2*1-5(2,3)4/h7-8,13-14,17-18,30H,2-6,9-12H2,1H3,(H,26,31);2*1H3,(H,2,3,4). The number of hydrogen-bond acceptors (Lipinski definition) is 9. The van der Waals surface area contributed by atoms with E-state index in [1.54, 1.807) is 12.1 Å². The summed E-state index contributed by atoms with van der Waals surface area (Å²) in [6.45, 7) is 3.25. The van der Waals surface area contributed by atoms with Crippen LogP contribution in [0.25, 0.3) is 10.2 Å². The molecule has 2 aliphatic rings. The number of nitrogens with zero attached hydrogens (tertiary/aromatic N) is 3. The fourth-order valence-electron chi connectivity index (χ4n) is 4.90. The van der Waals surface area contributed by atoms with Crippen LogP contribution in [0.4, 0.5) is 15.8 Å². The molecule has 2 fully saturated rings. The van der Waals surface area contributed by atoms with E-state index in [4.69, 9.17) is 14.2 Å². The van der Waals surface area contributed by atoms with Crippen molar-refractivity contribution < 1.29 is 40.2 Å². The summed E-state index contributed by atoms with van der Waals surface area (Å²) in [5.41, 5.74) is 1.90. The lowest BCUT2D eigenvalue weighted by Crippen LogP contribution is -2.36. The van der Waals surface area contributed by atoms with E-state index in [1.807, 2.05) is 17.9 Å². The smallest absolute Gasteiger partial charge is 0.265 e. The van der Waals surface area contributed by atoms with E-state index in [0.29, 0.717) is 60.7 Å². The molecule has 5 rings (SSSR count). The number of aliphatic hydroxyl groups is 1. The van der Waals surface area contributed by atoms with Gasteiger partial charge in [-0.25, -0.2) is 4.39 Å². The number of aliphatic hydroxyl groups excluding tert-OH is 1. The van der Waals surface area contributed by atoms with Gasteiger partial charge in [0.25, 0.3) is 26.1 Å². The topological polar surface area (TPSA) is 179 Å². The van der Waals surface area contributed by atoms with Crippen LogP contribution in [0.2, 0.25) is 0 Å². The van der Waals surface area contributed by atoms with Crippen molar-refractivity contribution in [1.29, 1.82) is 0 Å². The Hall–Kier alpha value is -2.63. The van der Waals surface area contributed by atoms with Gasteiger partial charge in [-0.05, 0) is 56.9 Å². The molecule has 4 N–H and O–H groups in total. The molecule has 1 saturated heterocycles. The molecule has 1 aliphatic heterocycles. The van der Waals surface area contributed by atoms with Crippen molar-refractivity contribution in [1.82, 2.24) is 9.78 Å². The van der Waals surface area contributed by atoms with E-state index < -0.39 is 20.2 Å². The lowest BCUT2D eigenvalue weighted by Gasteiger charge is -2.31. The van der Waals surface area contributed by atoms with Gasteiger partial charge >= 0.3 is 0 Å². The number of amides is 1. The zero-order chi connectivity index (χ0) is 31.2. The number of carbonyl (C=O) groups is 1. The first-order valence-electron chi connectivity index (χ1n) is 13.4. The molecular weight excluding hydrogens is 612 g/mol. The zero-order valence-corrected chi connectivity index (χ0v) is 26.1. The van der Waals surface area contributed by atoms with Gasteiger partial charge in [-0.3, -0.25) is 18.6 Å². The maximum Gasteiger partial charge on any atom is 0.265 e. The second-order valence-electron chi connectivity index (χ2n) is 10.5. The number of halogens is 1. The summed E-state index contributed by atoms with van der Waals surface area (Å²) in [7, 11) is -7.33. The Bertz CT molecular complexity index is 1540. The minimum Gasteiger partial charge on any atom is -0.393 e. The molecule has 234 valence electrons. The first kappa shape index (κ1) is 33.9. The first-order valence-corrected chi connectivity index (χ1v) is 17.9. The molecule has 3 aromatic rings. The third-order valence-corrected chi connectivity index (χ3v) is 7.85. The number of benzene rings is 1. The Kier molecular flexibility index (Phi) is 11.5. The molecular formula is C26H37FN4O8S3. The summed E-state index contributed by atoms with van der Waals surface area (Å²) in [6, 6.07) is 7.14. The molecule has 16 heteroatoms. The van der Waals surface area contributed by atoms with E-state index in [1.165, 1.54) is 36.7 Å². The molecule has 12 nitrogen and oxygen atoms in total. The number of carbonyl (C=O) groups excluding carboxylic acids is 1. The van der Waals surface area contributed by atoms with E-state index in [9.17, 15) is 31.1 Å². The molecule has 42 heavy (non-hydrogen) atoms. The van der Waals surface area contributed by atoms with Gasteiger partial charge in [0.15, 0.2) is 0 Å². The van der Waals surface area contributed by atoms with Gasteiger partial charge < -0.3 is 15.3 Å². The molecule has 3 heterocycles. The second-order valence-corrected chi connectivity index (χ2v) is 14.4. The molecule has 1 aromatic carbocycles. The van der Waals surface area contributed by atoms with Crippen LogP contribution in [-0.4, -0.2) is 78.4 Å². The van der Waals surface area contributed by atoms with E-state index in [-0.39, 0.29) is 17.8 Å². The normalized spacial score (nSPS) is 16.8. The molecule has 0 radical (unpaired) electrons. The third-order valence-electron chi connectivity index (χ3n) is 6.72. The molecule has 0 unspecified atom stereocenters. The summed E-state index contributed by atoms with van der Waals surface area (Å²) in [5, 5.41) is 18.3. The number of fused-ring (bicyclic) bond motifs is 1. The maximum atomic E-state index is 14.7. The average molecular weight is 649 g/mol. The summed E-state index contributed by atoms with van der Waals surface area (Å²) in [6.07, 6.45) is 8.42. The summed E-state index contributed by atoms with van der Waals surface area (Å²) in [4.78, 5) is 16.5. The predicted octanol–water partition coefficient (Wildman–Crippen LogP) is 4.27. The van der Waals surface area contributed by atoms with Crippen molar-refractivity contribution in [3.8, 4) is 0 Å². The quantitative estimate of drug-likeness (QED) is 0.299. The van der Waals surface area contributed by atoms with Crippen LogP contribution in [0, 0.1) is 12.7 Å². The number of rotatable bonds is 4. The summed E-state index contributed by atoms with van der Waals surface area (Å²) >= 11 is 1.46. The van der Waals surface area contributed by atoms with Gasteiger partial charge in [0, 0.05) is 24.2 Å². The largest absolute Gasteiger partial charge is 0.393 e. The van der Waals surface area contributed by atoms with E-state index in [0.717, 1.165) is 28.8 Å². The molecule has 0 atom stereocenters. The van der Waals surface area contributed by atoms with Crippen LogP contribution < -0.4 is 10.2 Å². The number of aromatic nitrogens is 2. The number of aryl methyl sites for hydroxylation is 1. The highest BCUT2D eigenvalue weighted by Crippen LogP contribution is 2.36. The van der Waals surface area contributed by atoms with Crippen molar-refractivity contribution in [3.05, 3.63) is 40.7 Å². The Morgan fingerprint density at radius 2 is 1.57 bits per heavy atom. The summed E-state index contributed by atoms with van der Waals surface area (Å²) in [5.74, 6) is -0.589. The van der Waals surface area contributed by atoms with E-state index in [2.05, 4.69) is 10.00 Å². The van der Waals surface area contributed by atoms with Gasteiger partial charge in [-0.2, -0.15) is 21.9 Å². The molecule has 1 saturated carbocycles. The highest BCUT2D eigenvalue weighted by atomic mass is 32.2. The lowest BCUT2D eigenvalue weighted by atomic mass is 9.96. The van der Waals surface area contributed by atoms with Crippen LogP contribution in [0.1, 0.15) is 66.4 Å². The highest BCUT2D eigenvalue weighted by Gasteiger charge is 2.23. The Labute approximate surface area is 249 Å². The van der Waals surface area contributed by atoms with Crippen molar-refractivity contribution in [3.63, 3.8) is 0 Å². The Morgan fingerprint density at radius 3 is 2.12 bits per heavy atom. The van der Waals surface area contributed by atoms with Crippen LogP contribution in [0.3, 0.4) is 0 Å². The fraction of sp³-hybridized carbons (Fsp3) is 0.538. The molecule has 2 aromatic heterocycles. The van der Waals surface area contributed by atoms with Crippen molar-refractivity contribution >= 4 is 59.1 Å². The van der Waals surface area contributed by atoms with Crippen molar-refractivity contribution in [2.24, 2.45) is 0 Å². The third kappa shape index (κ3) is 10.6. The number of piperidine rings is 1. The first-order chi connectivity index (χ1) is 19.5. The minimum atomic E-state index is -3.67. The molecule has 0 spiro atoms. The predicted molar refractivity (Wildman–Crippen MR) is 161 cm³/mol. The number of nitrogens with one attached hydrogen (secondary N) is 1. The van der Waals surface area contributed by atoms with Gasteiger partial charge in [0.05, 0.1) is 40.9 Å². The van der Waals surface area contributed by atoms with Gasteiger partial charge in [0.2, 0.25) is 0 Å². The van der Waals surface area contributed by atoms with Crippen molar-refractivity contribution in [2.75, 3.05) is 35.8 Å². The van der Waals surface area contributed by atoms with Gasteiger partial charge in [-0.1, -0.05) is 19.3 Å². The zero-order valence-electron chi connectivity index (χ0n) is 23.7. The van der Waals surface area contributed by atoms with Crippen LogP contribution in [0.15, 0.2) is 24.3 Å². The SMILES string of the molecule is CS(=O)(=O)O.CS(=O)(=O)O.Cc1nn(C2CCCCC2)c2sc(C(=O)Nc3ccc(N4CCC(O)CC4)c(F)c3)cc12. The average Bonchev–Trinajstić information content (AvgIpc) is 3.44. The number of hydrogen-bond donors (Lipinski definition) is 4. The Balaban J connectivity index is 0.000000420. The fourth-order valence-corrected chi connectivity index (χ4v) is 6.03. The summed E-state index contributed by atoms with van der Waals surface area (Å²) < 4.78 is 68.6. The lowest BCUT2D eigenvalue weighted by molar-refractivity contribution is 0.103. The minimum absolute atomic E-state index is 0.228. The van der Waals surface area contributed by atoms with Crippen molar-refractivity contribution in [2.45, 2.75) is 64.0 Å². The second kappa shape index (κ2) is 14.2. The Morgan fingerprint density at radius 1 is 1.00 bits per heavy atom. The van der Waals surface area contributed by atoms with Gasteiger partial charge in [-0.15, -0.1) is 11.3 Å². The van der Waals surface area contributed by atoms with Crippen LogP contribution >= 0.6 is 11.3 Å². The molecule has 0 bridgehead atoms. The van der Waals surface area contributed by atoms with Crippen LogP contribution in [-0.2, 0) is 20.2 Å². The number of thiophene rings is 1. The highest BCUT2D eigenvalue weighted by molar-refractivity contribution is 7.85. The van der Waals surface area contributed by atoms with Gasteiger partial charge in [0.1, 0.15) is 10.6 Å². The molecule has 1 aliphatic carbocycles.